The summed E-state index contributed by atoms with van der Waals surface area (Å²) < 4.78 is 16.2. The average molecular weight is 401 g/mol. The molecular formula is C25H23NO4. The summed E-state index contributed by atoms with van der Waals surface area (Å²) in [5, 5.41) is 3.18. The number of hydrogen-bond acceptors (Lipinski definition) is 4. The Morgan fingerprint density at radius 1 is 0.967 bits per heavy atom. The molecule has 0 saturated heterocycles. The second-order valence-corrected chi connectivity index (χ2v) is 7.87. The van der Waals surface area contributed by atoms with Gasteiger partial charge in [-0.05, 0) is 72.4 Å². The van der Waals surface area contributed by atoms with E-state index in [9.17, 15) is 4.79 Å². The van der Waals surface area contributed by atoms with E-state index in [1.165, 1.54) is 0 Å². The Labute approximate surface area is 175 Å². The molecule has 0 unspecified atom stereocenters. The molecule has 0 spiro atoms. The molecule has 0 radical (unpaired) electrons. The van der Waals surface area contributed by atoms with Crippen LogP contribution in [0.5, 0.6) is 17.2 Å². The molecule has 1 heterocycles. The van der Waals surface area contributed by atoms with E-state index in [4.69, 9.17) is 14.2 Å². The number of nitrogens with one attached hydrogen (secondary N) is 1. The molecule has 30 heavy (non-hydrogen) atoms. The molecule has 0 aromatic heterocycles. The van der Waals surface area contributed by atoms with E-state index in [0.29, 0.717) is 5.75 Å². The van der Waals surface area contributed by atoms with E-state index in [0.717, 1.165) is 52.3 Å². The Bertz CT molecular complexity index is 1130. The molecule has 5 nitrogen and oxygen atoms in total. The van der Waals surface area contributed by atoms with Gasteiger partial charge in [0.25, 0.3) is 0 Å². The number of amides is 1. The van der Waals surface area contributed by atoms with Crippen molar-refractivity contribution < 1.29 is 19.0 Å². The summed E-state index contributed by atoms with van der Waals surface area (Å²) in [5.41, 5.74) is 4.40. The molecule has 1 saturated carbocycles. The van der Waals surface area contributed by atoms with Gasteiger partial charge in [-0.1, -0.05) is 30.3 Å². The van der Waals surface area contributed by atoms with Crippen molar-refractivity contribution in [3.05, 3.63) is 71.8 Å². The van der Waals surface area contributed by atoms with E-state index in [2.05, 4.69) is 11.4 Å². The van der Waals surface area contributed by atoms with Crippen LogP contribution < -0.4 is 19.5 Å². The van der Waals surface area contributed by atoms with Crippen molar-refractivity contribution in [2.45, 2.75) is 25.2 Å². The van der Waals surface area contributed by atoms with Crippen molar-refractivity contribution >= 4 is 11.6 Å². The molecule has 152 valence electrons. The van der Waals surface area contributed by atoms with Crippen LogP contribution in [0, 0.1) is 6.92 Å². The van der Waals surface area contributed by atoms with Gasteiger partial charge in [0, 0.05) is 5.69 Å². The van der Waals surface area contributed by atoms with Gasteiger partial charge < -0.3 is 19.5 Å². The lowest BCUT2D eigenvalue weighted by molar-refractivity contribution is -0.118. The molecule has 3 aromatic rings. The molecule has 0 atom stereocenters. The van der Waals surface area contributed by atoms with E-state index in [1.807, 2.05) is 61.5 Å². The van der Waals surface area contributed by atoms with Gasteiger partial charge in [0.2, 0.25) is 12.7 Å². The number of anilines is 1. The number of rotatable bonds is 5. The molecule has 1 fully saturated rings. The molecule has 5 rings (SSSR count). The maximum Gasteiger partial charge on any atom is 0.235 e. The van der Waals surface area contributed by atoms with Crippen LogP contribution in [0.15, 0.2) is 60.7 Å². The van der Waals surface area contributed by atoms with Crippen molar-refractivity contribution in [3.8, 4) is 28.4 Å². The molecule has 2 aliphatic rings. The molecule has 1 aliphatic carbocycles. The lowest BCUT2D eigenvalue weighted by Gasteiger charge is -2.18. The van der Waals surface area contributed by atoms with Gasteiger partial charge in [0.1, 0.15) is 5.75 Å². The predicted molar refractivity (Wildman–Crippen MR) is 115 cm³/mol. The zero-order valence-corrected chi connectivity index (χ0v) is 17.0. The summed E-state index contributed by atoms with van der Waals surface area (Å²) in [6, 6.07) is 19.8. The average Bonchev–Trinajstić information content (AvgIpc) is 3.46. The Kier molecular flexibility index (Phi) is 4.39. The minimum atomic E-state index is -0.501. The first-order valence-corrected chi connectivity index (χ1v) is 10.1. The van der Waals surface area contributed by atoms with E-state index in [1.54, 1.807) is 7.11 Å². The van der Waals surface area contributed by atoms with Crippen LogP contribution in [-0.2, 0) is 10.2 Å². The Morgan fingerprint density at radius 3 is 2.57 bits per heavy atom. The number of ether oxygens (including phenoxy) is 3. The number of aryl methyl sites for hydroxylation is 1. The fourth-order valence-corrected chi connectivity index (χ4v) is 3.95. The van der Waals surface area contributed by atoms with Gasteiger partial charge in [-0.3, -0.25) is 4.79 Å². The highest BCUT2D eigenvalue weighted by molar-refractivity contribution is 6.02. The van der Waals surface area contributed by atoms with Crippen molar-refractivity contribution in [1.82, 2.24) is 0 Å². The third kappa shape index (κ3) is 3.16. The maximum atomic E-state index is 13.3. The third-order valence-electron chi connectivity index (χ3n) is 6.00. The normalized spacial score (nSPS) is 15.5. The van der Waals surface area contributed by atoms with Crippen molar-refractivity contribution in [2.24, 2.45) is 0 Å². The van der Waals surface area contributed by atoms with E-state index >= 15 is 0 Å². The second kappa shape index (κ2) is 7.10. The van der Waals surface area contributed by atoms with Gasteiger partial charge in [0.15, 0.2) is 11.5 Å². The molecule has 5 heteroatoms. The minimum absolute atomic E-state index is 0.0206. The number of carbonyl (C=O) groups is 1. The van der Waals surface area contributed by atoms with Crippen LogP contribution in [0.3, 0.4) is 0 Å². The summed E-state index contributed by atoms with van der Waals surface area (Å²) in [4.78, 5) is 13.3. The minimum Gasteiger partial charge on any atom is -0.497 e. The van der Waals surface area contributed by atoms with Crippen LogP contribution in [0.2, 0.25) is 0 Å². The summed E-state index contributed by atoms with van der Waals surface area (Å²) in [7, 11) is 1.66. The SMILES string of the molecule is COc1cccc(-c2ccc(C)c(NC(=O)C3(c4ccc5c(c4)OCO5)CC3)c2)c1. The lowest BCUT2D eigenvalue weighted by Crippen LogP contribution is -2.28. The van der Waals surface area contributed by atoms with Crippen LogP contribution in [0.4, 0.5) is 5.69 Å². The van der Waals surface area contributed by atoms with Gasteiger partial charge in [-0.15, -0.1) is 0 Å². The highest BCUT2D eigenvalue weighted by atomic mass is 16.7. The standard InChI is InChI=1S/C25H23NO4/c1-16-6-7-18(17-4-3-5-20(12-17)28-2)13-21(16)26-24(27)25(10-11-25)19-8-9-22-23(14-19)30-15-29-22/h3-9,12-14H,10-11,15H2,1-2H3,(H,26,27). The lowest BCUT2D eigenvalue weighted by atomic mass is 9.94. The highest BCUT2D eigenvalue weighted by Crippen LogP contribution is 2.51. The summed E-state index contributed by atoms with van der Waals surface area (Å²) in [5.74, 6) is 2.27. The quantitative estimate of drug-likeness (QED) is 0.649. The molecule has 1 amide bonds. The third-order valence-corrected chi connectivity index (χ3v) is 6.00. The molecular weight excluding hydrogens is 378 g/mol. The number of benzene rings is 3. The van der Waals surface area contributed by atoms with Crippen molar-refractivity contribution in [3.63, 3.8) is 0 Å². The van der Waals surface area contributed by atoms with E-state index in [-0.39, 0.29) is 12.7 Å². The van der Waals surface area contributed by atoms with Crippen LogP contribution in [0.1, 0.15) is 24.0 Å². The molecule has 3 aromatic carbocycles. The first-order valence-electron chi connectivity index (χ1n) is 10.1. The summed E-state index contributed by atoms with van der Waals surface area (Å²) in [6.45, 7) is 2.24. The summed E-state index contributed by atoms with van der Waals surface area (Å²) >= 11 is 0. The van der Waals surface area contributed by atoms with E-state index < -0.39 is 5.41 Å². The Hall–Kier alpha value is -3.47. The van der Waals surface area contributed by atoms with Gasteiger partial charge in [-0.25, -0.2) is 0 Å². The van der Waals surface area contributed by atoms with Crippen molar-refractivity contribution in [2.75, 3.05) is 19.2 Å². The zero-order chi connectivity index (χ0) is 20.7. The van der Waals surface area contributed by atoms with Gasteiger partial charge in [-0.2, -0.15) is 0 Å². The number of hydrogen-bond donors (Lipinski definition) is 1. The first-order chi connectivity index (χ1) is 14.6. The second-order valence-electron chi connectivity index (χ2n) is 7.87. The van der Waals surface area contributed by atoms with Crippen LogP contribution >= 0.6 is 0 Å². The largest absolute Gasteiger partial charge is 0.497 e. The first kappa shape index (κ1) is 18.6. The fourth-order valence-electron chi connectivity index (χ4n) is 3.95. The monoisotopic (exact) mass is 401 g/mol. The Balaban J connectivity index is 1.42. The zero-order valence-electron chi connectivity index (χ0n) is 17.0. The van der Waals surface area contributed by atoms with Crippen LogP contribution in [-0.4, -0.2) is 19.8 Å². The maximum absolute atomic E-state index is 13.3. The predicted octanol–water partition coefficient (Wildman–Crippen LogP) is 5.07. The van der Waals surface area contributed by atoms with Crippen molar-refractivity contribution in [1.29, 1.82) is 0 Å². The fraction of sp³-hybridized carbons (Fsp3) is 0.240. The number of carbonyl (C=O) groups excluding carboxylic acids is 1. The smallest absolute Gasteiger partial charge is 0.235 e. The van der Waals surface area contributed by atoms with Gasteiger partial charge in [0.05, 0.1) is 12.5 Å². The molecule has 1 aliphatic heterocycles. The number of methoxy groups -OCH3 is 1. The molecule has 1 N–H and O–H groups in total. The highest BCUT2D eigenvalue weighted by Gasteiger charge is 2.51. The summed E-state index contributed by atoms with van der Waals surface area (Å²) in [6.07, 6.45) is 1.65. The van der Waals surface area contributed by atoms with Crippen LogP contribution in [0.25, 0.3) is 11.1 Å². The van der Waals surface area contributed by atoms with Gasteiger partial charge >= 0.3 is 0 Å². The molecule has 0 bridgehead atoms. The Morgan fingerprint density at radius 2 is 1.77 bits per heavy atom. The number of fused-ring (bicyclic) bond motifs is 1. The topological polar surface area (TPSA) is 56.8 Å².